The number of carbonyl (C=O) groups excluding carboxylic acids is 1. The zero-order chi connectivity index (χ0) is 8.20. The van der Waals surface area contributed by atoms with Gasteiger partial charge in [-0.05, 0) is 5.41 Å². The second-order valence-electron chi connectivity index (χ2n) is 3.45. The summed E-state index contributed by atoms with van der Waals surface area (Å²) in [5, 5.41) is 11.1. The summed E-state index contributed by atoms with van der Waals surface area (Å²) in [6.07, 6.45) is 1.08. The molecule has 0 rings (SSSR count). The van der Waals surface area contributed by atoms with Gasteiger partial charge in [0.1, 0.15) is 5.71 Å². The Morgan fingerprint density at radius 3 is 2.20 bits per heavy atom. The van der Waals surface area contributed by atoms with Crippen LogP contribution in [0.4, 0.5) is 0 Å². The first-order valence-corrected chi connectivity index (χ1v) is 3.16. The molecule has 0 bridgehead atoms. The van der Waals surface area contributed by atoms with Gasteiger partial charge in [-0.25, -0.2) is 0 Å². The number of hydrogen-bond donors (Lipinski definition) is 1. The van der Waals surface area contributed by atoms with Crippen LogP contribution in [0.2, 0.25) is 0 Å². The Kier molecular flexibility index (Phi) is 3.06. The third-order valence-corrected chi connectivity index (χ3v) is 0.976. The van der Waals surface area contributed by atoms with E-state index in [1.54, 1.807) is 0 Å². The highest BCUT2D eigenvalue weighted by atomic mass is 16.4. The number of nitrogens with zero attached hydrogens (tertiary/aromatic N) is 1. The molecule has 0 heterocycles. The molecule has 1 N–H and O–H groups in total. The smallest absolute Gasteiger partial charge is 0.167 e. The van der Waals surface area contributed by atoms with Crippen molar-refractivity contribution in [2.24, 2.45) is 10.6 Å². The third kappa shape index (κ3) is 4.06. The van der Waals surface area contributed by atoms with Crippen LogP contribution < -0.4 is 0 Å². The summed E-state index contributed by atoms with van der Waals surface area (Å²) in [6, 6.07) is 0. The lowest BCUT2D eigenvalue weighted by molar-refractivity contribution is -0.103. The van der Waals surface area contributed by atoms with E-state index in [-0.39, 0.29) is 11.1 Å². The van der Waals surface area contributed by atoms with Crippen molar-refractivity contribution in [3.63, 3.8) is 0 Å². The lowest BCUT2D eigenvalue weighted by Crippen LogP contribution is -2.13. The lowest BCUT2D eigenvalue weighted by atomic mass is 9.90. The molecular weight excluding hydrogens is 130 g/mol. The van der Waals surface area contributed by atoms with Crippen LogP contribution in [0.3, 0.4) is 0 Å². The first kappa shape index (κ1) is 9.14. The van der Waals surface area contributed by atoms with Gasteiger partial charge in [-0.1, -0.05) is 25.9 Å². The molecule has 3 heteroatoms. The number of carbonyl (C=O) groups is 1. The molecule has 58 valence electrons. The average Bonchev–Trinajstić information content (AvgIpc) is 1.81. The molecule has 0 unspecified atom stereocenters. The van der Waals surface area contributed by atoms with Crippen LogP contribution in [-0.4, -0.2) is 17.2 Å². The average molecular weight is 143 g/mol. The molecule has 0 saturated carbocycles. The van der Waals surface area contributed by atoms with E-state index in [1.165, 1.54) is 0 Å². The summed E-state index contributed by atoms with van der Waals surface area (Å²) in [5.74, 6) is 0. The molecular formula is C7H13NO2. The quantitative estimate of drug-likeness (QED) is 0.275. The highest BCUT2D eigenvalue weighted by Crippen LogP contribution is 2.18. The van der Waals surface area contributed by atoms with Crippen molar-refractivity contribution in [2.45, 2.75) is 27.2 Å². The summed E-state index contributed by atoms with van der Waals surface area (Å²) < 4.78 is 0. The fraction of sp³-hybridized carbons (Fsp3) is 0.714. The predicted molar refractivity (Wildman–Crippen MR) is 39.4 cm³/mol. The number of oxime groups is 1. The second-order valence-corrected chi connectivity index (χ2v) is 3.45. The first-order valence-electron chi connectivity index (χ1n) is 3.16. The Morgan fingerprint density at radius 1 is 1.60 bits per heavy atom. The molecule has 0 aliphatic rings. The molecule has 3 nitrogen and oxygen atoms in total. The molecule has 0 amide bonds. The number of aldehydes is 1. The van der Waals surface area contributed by atoms with Gasteiger partial charge in [0.25, 0.3) is 0 Å². The SMILES string of the molecule is CC(C)(C)CC(C=O)=NO. The van der Waals surface area contributed by atoms with Crippen LogP contribution in [0, 0.1) is 5.41 Å². The van der Waals surface area contributed by atoms with Gasteiger partial charge >= 0.3 is 0 Å². The molecule has 0 aliphatic carbocycles. The second kappa shape index (κ2) is 3.34. The molecule has 0 aromatic carbocycles. The Hall–Kier alpha value is -0.860. The van der Waals surface area contributed by atoms with E-state index in [0.29, 0.717) is 12.7 Å². The molecule has 0 radical (unpaired) electrons. The van der Waals surface area contributed by atoms with Gasteiger partial charge in [0.15, 0.2) is 6.29 Å². The summed E-state index contributed by atoms with van der Waals surface area (Å²) in [4.78, 5) is 10.1. The van der Waals surface area contributed by atoms with Crippen molar-refractivity contribution >= 4 is 12.0 Å². The summed E-state index contributed by atoms with van der Waals surface area (Å²) >= 11 is 0. The van der Waals surface area contributed by atoms with Crippen LogP contribution >= 0.6 is 0 Å². The van der Waals surface area contributed by atoms with Crippen LogP contribution in [0.15, 0.2) is 5.16 Å². The number of hydrogen-bond acceptors (Lipinski definition) is 3. The Bertz CT molecular complexity index is 144. The molecule has 0 spiro atoms. The Morgan fingerprint density at radius 2 is 2.10 bits per heavy atom. The predicted octanol–water partition coefficient (Wildman–Crippen LogP) is 1.45. The molecule has 0 saturated heterocycles. The zero-order valence-electron chi connectivity index (χ0n) is 6.59. The third-order valence-electron chi connectivity index (χ3n) is 0.976. The molecule has 0 aromatic heterocycles. The highest BCUT2D eigenvalue weighted by Gasteiger charge is 2.13. The maximum absolute atomic E-state index is 10.1. The van der Waals surface area contributed by atoms with Crippen LogP contribution in [0.1, 0.15) is 27.2 Å². The normalized spacial score (nSPS) is 13.3. The fourth-order valence-corrected chi connectivity index (χ4v) is 0.644. The van der Waals surface area contributed by atoms with Gasteiger partial charge < -0.3 is 5.21 Å². The van der Waals surface area contributed by atoms with E-state index < -0.39 is 0 Å². The molecule has 0 fully saturated rings. The standard InChI is InChI=1S/C7H13NO2/c1-7(2,3)4-6(5-9)8-10/h5,10H,4H2,1-3H3. The van der Waals surface area contributed by atoms with Crippen molar-refractivity contribution < 1.29 is 10.0 Å². The minimum absolute atomic E-state index is 0.00245. The summed E-state index contributed by atoms with van der Waals surface area (Å²) in [6.45, 7) is 5.92. The van der Waals surface area contributed by atoms with E-state index >= 15 is 0 Å². The monoisotopic (exact) mass is 143 g/mol. The Balaban J connectivity index is 4.01. The van der Waals surface area contributed by atoms with E-state index in [2.05, 4.69) is 5.16 Å². The van der Waals surface area contributed by atoms with E-state index in [9.17, 15) is 4.79 Å². The van der Waals surface area contributed by atoms with Crippen LogP contribution in [-0.2, 0) is 4.79 Å². The van der Waals surface area contributed by atoms with E-state index in [1.807, 2.05) is 20.8 Å². The van der Waals surface area contributed by atoms with Crippen molar-refractivity contribution in [3.8, 4) is 0 Å². The fourth-order valence-electron chi connectivity index (χ4n) is 0.644. The molecule has 0 aliphatic heterocycles. The van der Waals surface area contributed by atoms with E-state index in [4.69, 9.17) is 5.21 Å². The first-order chi connectivity index (χ1) is 4.49. The molecule has 0 atom stereocenters. The van der Waals surface area contributed by atoms with Gasteiger partial charge in [0.2, 0.25) is 0 Å². The van der Waals surface area contributed by atoms with Gasteiger partial charge in [0, 0.05) is 6.42 Å². The molecule has 10 heavy (non-hydrogen) atoms. The van der Waals surface area contributed by atoms with Crippen LogP contribution in [0.25, 0.3) is 0 Å². The minimum Gasteiger partial charge on any atom is -0.411 e. The minimum atomic E-state index is 0.00245. The maximum atomic E-state index is 10.1. The topological polar surface area (TPSA) is 49.7 Å². The van der Waals surface area contributed by atoms with Crippen molar-refractivity contribution in [3.05, 3.63) is 0 Å². The number of rotatable bonds is 2. The van der Waals surface area contributed by atoms with Crippen molar-refractivity contribution in [1.82, 2.24) is 0 Å². The maximum Gasteiger partial charge on any atom is 0.167 e. The van der Waals surface area contributed by atoms with Gasteiger partial charge in [0.05, 0.1) is 0 Å². The van der Waals surface area contributed by atoms with Crippen molar-refractivity contribution in [2.75, 3.05) is 0 Å². The Labute approximate surface area is 60.7 Å². The molecule has 0 aromatic rings. The van der Waals surface area contributed by atoms with Gasteiger partial charge in [-0.3, -0.25) is 4.79 Å². The van der Waals surface area contributed by atoms with Crippen LogP contribution in [0.5, 0.6) is 0 Å². The van der Waals surface area contributed by atoms with Gasteiger partial charge in [-0.2, -0.15) is 0 Å². The summed E-state index contributed by atoms with van der Waals surface area (Å²) in [5.41, 5.74) is 0.204. The highest BCUT2D eigenvalue weighted by molar-refractivity contribution is 6.28. The summed E-state index contributed by atoms with van der Waals surface area (Å²) in [7, 11) is 0. The van der Waals surface area contributed by atoms with E-state index in [0.717, 1.165) is 0 Å². The van der Waals surface area contributed by atoms with Gasteiger partial charge in [-0.15, -0.1) is 0 Å². The zero-order valence-corrected chi connectivity index (χ0v) is 6.59. The lowest BCUT2D eigenvalue weighted by Gasteiger charge is -2.15. The van der Waals surface area contributed by atoms with Crippen molar-refractivity contribution in [1.29, 1.82) is 0 Å². The largest absolute Gasteiger partial charge is 0.411 e.